The fourth-order valence-corrected chi connectivity index (χ4v) is 3.74. The molecule has 0 unspecified atom stereocenters. The highest BCUT2D eigenvalue weighted by Gasteiger charge is 2.37. The minimum absolute atomic E-state index is 0.134. The molecule has 1 aromatic heterocycles. The molecule has 8 heteroatoms. The maximum absolute atomic E-state index is 13.5. The Morgan fingerprint density at radius 2 is 2.04 bits per heavy atom. The zero-order valence-electron chi connectivity index (χ0n) is 17.0. The first-order valence-electron chi connectivity index (χ1n) is 9.97. The van der Waals surface area contributed by atoms with Crippen LogP contribution in [0, 0.1) is 6.92 Å². The Morgan fingerprint density at radius 1 is 1.29 bits per heavy atom. The van der Waals surface area contributed by atoms with Gasteiger partial charge in [-0.1, -0.05) is 13.3 Å². The van der Waals surface area contributed by atoms with Crippen LogP contribution in [0.3, 0.4) is 0 Å². The van der Waals surface area contributed by atoms with Crippen LogP contribution in [0.25, 0.3) is 0 Å². The number of halogens is 3. The standard InChI is InChI=1S/C20H31F3N2O3/c1-4-5-12-28-19(26)24-9-6-8-16(14-24)18-13-17(20(21,22)23)15(2)25(18)10-7-11-27-3/h13,16H,4-12,14H2,1-3H3/t16-/m1/s1. The molecule has 160 valence electrons. The first kappa shape index (κ1) is 22.6. The molecule has 1 amide bonds. The van der Waals surface area contributed by atoms with E-state index in [2.05, 4.69) is 0 Å². The second-order valence-electron chi connectivity index (χ2n) is 7.32. The van der Waals surface area contributed by atoms with Crippen LogP contribution in [0.1, 0.15) is 61.9 Å². The van der Waals surface area contributed by atoms with Crippen LogP contribution < -0.4 is 0 Å². The van der Waals surface area contributed by atoms with Crippen LogP contribution in [-0.4, -0.2) is 49.0 Å². The monoisotopic (exact) mass is 404 g/mol. The number of hydrogen-bond acceptors (Lipinski definition) is 3. The highest BCUT2D eigenvalue weighted by molar-refractivity contribution is 5.67. The molecule has 28 heavy (non-hydrogen) atoms. The summed E-state index contributed by atoms with van der Waals surface area (Å²) < 4.78 is 52.4. The first-order valence-corrected chi connectivity index (χ1v) is 9.97. The smallest absolute Gasteiger partial charge is 0.418 e. The van der Waals surface area contributed by atoms with Gasteiger partial charge in [0.15, 0.2) is 0 Å². The van der Waals surface area contributed by atoms with Crippen molar-refractivity contribution in [3.8, 4) is 0 Å². The molecular weight excluding hydrogens is 373 g/mol. The lowest BCUT2D eigenvalue weighted by atomic mass is 9.94. The molecule has 1 aliphatic rings. The van der Waals surface area contributed by atoms with Crippen molar-refractivity contribution in [2.75, 3.05) is 33.4 Å². The Labute approximate surface area is 164 Å². The molecular formula is C20H31F3N2O3. The van der Waals surface area contributed by atoms with Gasteiger partial charge >= 0.3 is 12.3 Å². The average Bonchev–Trinajstić information content (AvgIpc) is 2.99. The Morgan fingerprint density at radius 3 is 2.68 bits per heavy atom. The molecule has 1 aromatic rings. The fourth-order valence-electron chi connectivity index (χ4n) is 3.74. The van der Waals surface area contributed by atoms with Gasteiger partial charge in [-0.2, -0.15) is 13.2 Å². The van der Waals surface area contributed by atoms with Gasteiger partial charge in [-0.15, -0.1) is 0 Å². The van der Waals surface area contributed by atoms with Crippen LogP contribution in [-0.2, 0) is 22.2 Å². The second-order valence-corrected chi connectivity index (χ2v) is 7.32. The summed E-state index contributed by atoms with van der Waals surface area (Å²) in [6.07, 6.45) is -0.890. The number of aromatic nitrogens is 1. The number of likely N-dealkylation sites (tertiary alicyclic amines) is 1. The third-order valence-electron chi connectivity index (χ3n) is 5.26. The molecule has 5 nitrogen and oxygen atoms in total. The highest BCUT2D eigenvalue weighted by atomic mass is 19.4. The summed E-state index contributed by atoms with van der Waals surface area (Å²) in [6, 6.07) is 1.26. The Hall–Kier alpha value is -1.70. The van der Waals surface area contributed by atoms with Crippen LogP contribution in [0.5, 0.6) is 0 Å². The lowest BCUT2D eigenvalue weighted by molar-refractivity contribution is -0.138. The predicted molar refractivity (Wildman–Crippen MR) is 100 cm³/mol. The van der Waals surface area contributed by atoms with Crippen molar-refractivity contribution in [1.29, 1.82) is 0 Å². The molecule has 0 bridgehead atoms. The van der Waals surface area contributed by atoms with Gasteiger partial charge < -0.3 is 18.9 Å². The van der Waals surface area contributed by atoms with E-state index in [1.807, 2.05) is 6.92 Å². The van der Waals surface area contributed by atoms with Crippen LogP contribution in [0.4, 0.5) is 18.0 Å². The topological polar surface area (TPSA) is 43.7 Å². The molecule has 1 saturated heterocycles. The number of methoxy groups -OCH3 is 1. The van der Waals surface area contributed by atoms with Gasteiger partial charge in [0.1, 0.15) is 0 Å². The molecule has 0 saturated carbocycles. The number of rotatable bonds is 8. The normalized spacial score (nSPS) is 17.8. The Bertz CT molecular complexity index is 643. The summed E-state index contributed by atoms with van der Waals surface area (Å²) in [5.41, 5.74) is 0.274. The van der Waals surface area contributed by atoms with Crippen molar-refractivity contribution in [3.05, 3.63) is 23.0 Å². The molecule has 0 aromatic carbocycles. The number of hydrogen-bond donors (Lipinski definition) is 0. The number of carbonyl (C=O) groups excluding carboxylic acids is 1. The minimum atomic E-state index is -4.39. The molecule has 2 heterocycles. The molecule has 1 atom stereocenters. The molecule has 0 spiro atoms. The van der Waals surface area contributed by atoms with Crippen molar-refractivity contribution in [2.45, 2.75) is 64.6 Å². The lowest BCUT2D eigenvalue weighted by Crippen LogP contribution is -2.40. The van der Waals surface area contributed by atoms with E-state index in [1.54, 1.807) is 16.6 Å². The fraction of sp³-hybridized carbons (Fsp3) is 0.750. The molecule has 0 radical (unpaired) electrons. The SMILES string of the molecule is CCCCOC(=O)N1CCC[C@@H](c2cc(C(F)(F)F)c(C)n2CCCOC)C1. The number of ether oxygens (including phenoxy) is 2. The minimum Gasteiger partial charge on any atom is -0.449 e. The van der Waals surface area contributed by atoms with Crippen molar-refractivity contribution in [1.82, 2.24) is 9.47 Å². The van der Waals surface area contributed by atoms with E-state index in [0.29, 0.717) is 45.0 Å². The zero-order chi connectivity index (χ0) is 20.7. The van der Waals surface area contributed by atoms with E-state index in [1.165, 1.54) is 13.0 Å². The summed E-state index contributed by atoms with van der Waals surface area (Å²) in [4.78, 5) is 13.9. The summed E-state index contributed by atoms with van der Waals surface area (Å²) in [5, 5.41) is 0. The molecule has 1 fully saturated rings. The van der Waals surface area contributed by atoms with Gasteiger partial charge in [-0.05, 0) is 38.7 Å². The molecule has 2 rings (SSSR count). The third kappa shape index (κ3) is 5.65. The number of unbranched alkanes of at least 4 members (excludes halogenated alkanes) is 1. The predicted octanol–water partition coefficient (Wildman–Crippen LogP) is 4.97. The second kappa shape index (κ2) is 10.2. The summed E-state index contributed by atoms with van der Waals surface area (Å²) in [7, 11) is 1.58. The van der Waals surface area contributed by atoms with E-state index in [4.69, 9.17) is 9.47 Å². The van der Waals surface area contributed by atoms with Gasteiger partial charge in [0.2, 0.25) is 0 Å². The van der Waals surface area contributed by atoms with Crippen molar-refractivity contribution >= 4 is 6.09 Å². The van der Waals surface area contributed by atoms with Crippen LogP contribution in [0.2, 0.25) is 0 Å². The van der Waals surface area contributed by atoms with Crippen molar-refractivity contribution in [3.63, 3.8) is 0 Å². The Kier molecular flexibility index (Phi) is 8.22. The van der Waals surface area contributed by atoms with E-state index in [9.17, 15) is 18.0 Å². The summed E-state index contributed by atoms with van der Waals surface area (Å²) in [5.74, 6) is -0.134. The van der Waals surface area contributed by atoms with E-state index < -0.39 is 11.7 Å². The van der Waals surface area contributed by atoms with Crippen molar-refractivity contribution in [2.24, 2.45) is 0 Å². The number of alkyl halides is 3. The van der Waals surface area contributed by atoms with Crippen molar-refractivity contribution < 1.29 is 27.4 Å². The van der Waals surface area contributed by atoms with E-state index >= 15 is 0 Å². The quantitative estimate of drug-likeness (QED) is 0.575. The summed E-state index contributed by atoms with van der Waals surface area (Å²) >= 11 is 0. The average molecular weight is 404 g/mol. The molecule has 0 aliphatic carbocycles. The van der Waals surface area contributed by atoms with Gasteiger partial charge in [-0.25, -0.2) is 4.79 Å². The van der Waals surface area contributed by atoms with Gasteiger partial charge in [0, 0.05) is 50.7 Å². The van der Waals surface area contributed by atoms with E-state index in [-0.39, 0.29) is 17.7 Å². The Balaban J connectivity index is 2.20. The summed E-state index contributed by atoms with van der Waals surface area (Å²) in [6.45, 7) is 5.82. The number of carbonyl (C=O) groups is 1. The lowest BCUT2D eigenvalue weighted by Gasteiger charge is -2.33. The molecule has 1 aliphatic heterocycles. The van der Waals surface area contributed by atoms with Gasteiger partial charge in [0.05, 0.1) is 12.2 Å². The number of nitrogens with zero attached hydrogens (tertiary/aromatic N) is 2. The highest BCUT2D eigenvalue weighted by Crippen LogP contribution is 2.38. The first-order chi connectivity index (χ1) is 13.3. The maximum Gasteiger partial charge on any atom is 0.418 e. The number of piperidine rings is 1. The van der Waals surface area contributed by atoms with Crippen LogP contribution in [0.15, 0.2) is 6.07 Å². The van der Waals surface area contributed by atoms with Gasteiger partial charge in [0.25, 0.3) is 0 Å². The maximum atomic E-state index is 13.5. The third-order valence-corrected chi connectivity index (χ3v) is 5.26. The van der Waals surface area contributed by atoms with Gasteiger partial charge in [-0.3, -0.25) is 0 Å². The van der Waals surface area contributed by atoms with Crippen LogP contribution >= 0.6 is 0 Å². The molecule has 0 N–H and O–H groups in total. The van der Waals surface area contributed by atoms with E-state index in [0.717, 1.165) is 25.7 Å². The zero-order valence-corrected chi connectivity index (χ0v) is 17.0. The number of amides is 1. The largest absolute Gasteiger partial charge is 0.449 e.